The highest BCUT2D eigenvalue weighted by Gasteiger charge is 2.25. The lowest BCUT2D eigenvalue weighted by Gasteiger charge is -2.30. The van der Waals surface area contributed by atoms with Gasteiger partial charge in [-0.1, -0.05) is 6.42 Å². The van der Waals surface area contributed by atoms with Crippen molar-refractivity contribution < 1.29 is 0 Å². The molecule has 0 atom stereocenters. The maximum Gasteiger partial charge on any atom is 0.267 e. The number of fused-ring (bicyclic) bond motifs is 1. The Morgan fingerprint density at radius 1 is 0.967 bits per heavy atom. The van der Waals surface area contributed by atoms with E-state index in [1.54, 1.807) is 34.2 Å². The second-order valence-electron chi connectivity index (χ2n) is 8.17. The number of aromatic nitrogens is 7. The van der Waals surface area contributed by atoms with Crippen molar-refractivity contribution in [3.63, 3.8) is 0 Å². The predicted octanol–water partition coefficient (Wildman–Crippen LogP) is 2.48. The molecule has 156 valence electrons. The summed E-state index contributed by atoms with van der Waals surface area (Å²) < 4.78 is 3.19. The molecule has 0 bridgehead atoms. The van der Waals surface area contributed by atoms with Crippen molar-refractivity contribution >= 4 is 5.82 Å². The summed E-state index contributed by atoms with van der Waals surface area (Å²) in [7, 11) is 0. The van der Waals surface area contributed by atoms with Gasteiger partial charge in [0.2, 0.25) is 0 Å². The Morgan fingerprint density at radius 2 is 1.83 bits per heavy atom. The number of aryl methyl sites for hydroxylation is 1. The van der Waals surface area contributed by atoms with Crippen LogP contribution < -0.4 is 10.9 Å². The van der Waals surface area contributed by atoms with Crippen molar-refractivity contribution in [2.24, 2.45) is 0 Å². The lowest BCUT2D eigenvalue weighted by atomic mass is 9.91. The summed E-state index contributed by atoms with van der Waals surface area (Å²) in [5, 5.41) is 12.3. The van der Waals surface area contributed by atoms with Crippen molar-refractivity contribution in [1.29, 1.82) is 0 Å². The van der Waals surface area contributed by atoms with Crippen LogP contribution in [0.4, 0.5) is 5.82 Å². The van der Waals surface area contributed by atoms with Gasteiger partial charge in [-0.3, -0.25) is 4.79 Å². The van der Waals surface area contributed by atoms with Crippen LogP contribution in [-0.2, 0) is 12.8 Å². The van der Waals surface area contributed by atoms with Crippen LogP contribution >= 0.6 is 0 Å². The Bertz CT molecular complexity index is 1050. The molecule has 0 spiro atoms. The van der Waals surface area contributed by atoms with E-state index in [1.807, 2.05) is 0 Å². The molecule has 3 aromatic heterocycles. The summed E-state index contributed by atoms with van der Waals surface area (Å²) in [5.74, 6) is 1.62. The number of nitrogens with zero attached hydrogens (tertiary/aromatic N) is 7. The highest BCUT2D eigenvalue weighted by atomic mass is 16.1. The smallest absolute Gasteiger partial charge is 0.267 e. The highest BCUT2D eigenvalue weighted by molar-refractivity contribution is 5.47. The summed E-state index contributed by atoms with van der Waals surface area (Å²) >= 11 is 0. The first kappa shape index (κ1) is 18.9. The van der Waals surface area contributed by atoms with E-state index in [9.17, 15) is 4.79 Å². The van der Waals surface area contributed by atoms with Gasteiger partial charge in [0, 0.05) is 23.4 Å². The first-order chi connectivity index (χ1) is 14.8. The third kappa shape index (κ3) is 3.83. The SMILES string of the molecule is O=c1ccc(-n2cncn2)nn1C1CCC(Nc2ncnc3c2CCCCC3)CC1. The number of anilines is 1. The second kappa shape index (κ2) is 8.33. The fourth-order valence-electron chi connectivity index (χ4n) is 4.61. The molecule has 2 aliphatic rings. The van der Waals surface area contributed by atoms with Crippen molar-refractivity contribution in [2.45, 2.75) is 69.9 Å². The van der Waals surface area contributed by atoms with Gasteiger partial charge in [-0.25, -0.2) is 24.3 Å². The van der Waals surface area contributed by atoms with Crippen LogP contribution in [0.1, 0.15) is 62.2 Å². The Hall–Kier alpha value is -3.10. The lowest BCUT2D eigenvalue weighted by molar-refractivity contribution is 0.302. The number of hydrogen-bond acceptors (Lipinski definition) is 7. The molecule has 0 saturated heterocycles. The molecule has 5 rings (SSSR count). The molecule has 0 unspecified atom stereocenters. The topological polar surface area (TPSA) is 103 Å². The second-order valence-corrected chi connectivity index (χ2v) is 8.17. The maximum absolute atomic E-state index is 12.4. The first-order valence-electron chi connectivity index (χ1n) is 10.8. The van der Waals surface area contributed by atoms with Crippen molar-refractivity contribution in [3.8, 4) is 5.82 Å². The molecule has 0 radical (unpaired) electrons. The largest absolute Gasteiger partial charge is 0.367 e. The average molecular weight is 406 g/mol. The molecule has 0 aliphatic heterocycles. The van der Waals surface area contributed by atoms with Gasteiger partial charge >= 0.3 is 0 Å². The van der Waals surface area contributed by atoms with Crippen molar-refractivity contribution in [2.75, 3.05) is 5.32 Å². The van der Waals surface area contributed by atoms with Crippen LogP contribution in [0.5, 0.6) is 0 Å². The molecule has 0 amide bonds. The minimum absolute atomic E-state index is 0.0728. The zero-order chi connectivity index (χ0) is 20.3. The Balaban J connectivity index is 1.28. The minimum atomic E-state index is -0.0728. The van der Waals surface area contributed by atoms with Gasteiger partial charge in [0.15, 0.2) is 5.82 Å². The van der Waals surface area contributed by atoms with E-state index in [1.165, 1.54) is 36.8 Å². The Labute approximate surface area is 174 Å². The van der Waals surface area contributed by atoms with Gasteiger partial charge in [0.05, 0.1) is 6.04 Å². The van der Waals surface area contributed by atoms with Crippen LogP contribution in [0, 0.1) is 0 Å². The molecule has 1 saturated carbocycles. The molecular weight excluding hydrogens is 380 g/mol. The number of hydrogen-bond donors (Lipinski definition) is 1. The zero-order valence-electron chi connectivity index (χ0n) is 16.9. The van der Waals surface area contributed by atoms with Gasteiger partial charge in [-0.15, -0.1) is 5.10 Å². The highest BCUT2D eigenvalue weighted by Crippen LogP contribution is 2.31. The quantitative estimate of drug-likeness (QED) is 0.664. The van der Waals surface area contributed by atoms with E-state index in [0.717, 1.165) is 44.3 Å². The number of rotatable bonds is 4. The molecule has 3 aromatic rings. The van der Waals surface area contributed by atoms with E-state index < -0.39 is 0 Å². The van der Waals surface area contributed by atoms with Gasteiger partial charge in [0.25, 0.3) is 5.56 Å². The van der Waals surface area contributed by atoms with Gasteiger partial charge in [0.1, 0.15) is 24.8 Å². The van der Waals surface area contributed by atoms with Crippen molar-refractivity contribution in [3.05, 3.63) is 52.7 Å². The van der Waals surface area contributed by atoms with E-state index in [4.69, 9.17) is 0 Å². The summed E-state index contributed by atoms with van der Waals surface area (Å²) in [5.41, 5.74) is 2.44. The summed E-state index contributed by atoms with van der Waals surface area (Å²) in [4.78, 5) is 25.5. The van der Waals surface area contributed by atoms with Crippen LogP contribution in [0.15, 0.2) is 35.9 Å². The van der Waals surface area contributed by atoms with E-state index in [-0.39, 0.29) is 11.6 Å². The lowest BCUT2D eigenvalue weighted by Crippen LogP contribution is -2.34. The number of nitrogens with one attached hydrogen (secondary N) is 1. The van der Waals surface area contributed by atoms with Gasteiger partial charge < -0.3 is 5.32 Å². The standard InChI is InChI=1S/C21H26N8O/c30-20-11-10-19(28-14-22-12-25-28)27-29(20)16-8-6-15(7-9-16)26-21-17-4-2-1-3-5-18(17)23-13-24-21/h10-16H,1-9H2,(H,23,24,26). The minimum Gasteiger partial charge on any atom is -0.367 e. The third-order valence-electron chi connectivity index (χ3n) is 6.22. The van der Waals surface area contributed by atoms with E-state index in [0.29, 0.717) is 11.9 Å². The molecule has 2 aliphatic carbocycles. The third-order valence-corrected chi connectivity index (χ3v) is 6.22. The normalized spacial score (nSPS) is 21.6. The monoisotopic (exact) mass is 406 g/mol. The van der Waals surface area contributed by atoms with Crippen molar-refractivity contribution in [1.82, 2.24) is 34.5 Å². The predicted molar refractivity (Wildman–Crippen MR) is 112 cm³/mol. The molecule has 30 heavy (non-hydrogen) atoms. The molecule has 1 fully saturated rings. The molecule has 9 nitrogen and oxygen atoms in total. The molecule has 3 heterocycles. The van der Waals surface area contributed by atoms with Gasteiger partial charge in [-0.2, -0.15) is 5.10 Å². The van der Waals surface area contributed by atoms with Crippen LogP contribution in [0.25, 0.3) is 5.82 Å². The van der Waals surface area contributed by atoms with Crippen LogP contribution in [0.2, 0.25) is 0 Å². The van der Waals surface area contributed by atoms with Crippen LogP contribution in [-0.4, -0.2) is 40.6 Å². The first-order valence-corrected chi connectivity index (χ1v) is 10.8. The Kier molecular flexibility index (Phi) is 5.25. The fourth-order valence-corrected chi connectivity index (χ4v) is 4.61. The molecule has 1 N–H and O–H groups in total. The van der Waals surface area contributed by atoms with Gasteiger partial charge in [-0.05, 0) is 57.4 Å². The van der Waals surface area contributed by atoms with E-state index >= 15 is 0 Å². The molecule has 0 aromatic carbocycles. The Morgan fingerprint density at radius 3 is 2.67 bits per heavy atom. The molecular formula is C21H26N8O. The summed E-state index contributed by atoms with van der Waals surface area (Å²) in [6, 6.07) is 3.70. The maximum atomic E-state index is 12.4. The summed E-state index contributed by atoms with van der Waals surface area (Å²) in [6.07, 6.45) is 14.3. The fraction of sp³-hybridized carbons (Fsp3) is 0.524. The zero-order valence-corrected chi connectivity index (χ0v) is 16.9. The van der Waals surface area contributed by atoms with Crippen LogP contribution in [0.3, 0.4) is 0 Å². The average Bonchev–Trinajstić information content (AvgIpc) is 3.20. The summed E-state index contributed by atoms with van der Waals surface area (Å²) in [6.45, 7) is 0. The molecule has 9 heteroatoms. The van der Waals surface area contributed by atoms with E-state index in [2.05, 4.69) is 30.5 Å².